The Morgan fingerprint density at radius 3 is 2.48 bits per heavy atom. The van der Waals surface area contributed by atoms with Crippen molar-refractivity contribution in [3.05, 3.63) is 93.5 Å². The molecule has 1 fully saturated rings. The Bertz CT molecular complexity index is 2500. The molecular formula is C37H34ClF4N7O4S. The van der Waals surface area contributed by atoms with E-state index in [0.29, 0.717) is 41.1 Å². The molecule has 3 aromatic heterocycles. The number of carbonyl (C=O) groups is 1. The van der Waals surface area contributed by atoms with Gasteiger partial charge in [0.1, 0.15) is 35.2 Å². The van der Waals surface area contributed by atoms with Gasteiger partial charge >= 0.3 is 0 Å². The Morgan fingerprint density at radius 2 is 1.83 bits per heavy atom. The SMILES string of the molecule is Cn1nc(NS(C)(=O)=O)c2c(Cl)ccc(-c3ccc(C#CC(C)(C)O)nc3[C@H](Cc3cc(F)cc(F)c3)NC(=O)Cn3ncc4c3C(F)(F)[C@@H]3CC[C@H]43)c21. The first-order valence-corrected chi connectivity index (χ1v) is 19.1. The topological polar surface area (TPSA) is 144 Å². The van der Waals surface area contributed by atoms with Crippen LogP contribution in [0.2, 0.25) is 5.02 Å². The lowest BCUT2D eigenvalue weighted by Crippen LogP contribution is -2.36. The van der Waals surface area contributed by atoms with Crippen molar-refractivity contribution in [3.8, 4) is 23.0 Å². The van der Waals surface area contributed by atoms with Crippen LogP contribution in [0.25, 0.3) is 22.0 Å². The number of pyridine rings is 1. The fourth-order valence-electron chi connectivity index (χ4n) is 7.29. The predicted molar refractivity (Wildman–Crippen MR) is 193 cm³/mol. The summed E-state index contributed by atoms with van der Waals surface area (Å²) in [5.74, 6) is -1.33. The molecular weight excluding hydrogens is 750 g/mol. The highest BCUT2D eigenvalue weighted by molar-refractivity contribution is 7.92. The highest BCUT2D eigenvalue weighted by Gasteiger charge is 2.60. The van der Waals surface area contributed by atoms with E-state index in [1.165, 1.54) is 30.8 Å². The number of halogens is 5. The number of carbonyl (C=O) groups excluding carboxylic acids is 1. The molecule has 0 bridgehead atoms. The molecule has 54 heavy (non-hydrogen) atoms. The van der Waals surface area contributed by atoms with E-state index in [2.05, 4.69) is 32.1 Å². The summed E-state index contributed by atoms with van der Waals surface area (Å²) in [7, 11) is -2.21. The van der Waals surface area contributed by atoms with Crippen LogP contribution in [0, 0.1) is 29.4 Å². The first-order valence-electron chi connectivity index (χ1n) is 16.9. The molecule has 2 aliphatic rings. The van der Waals surface area contributed by atoms with Crippen molar-refractivity contribution in [2.75, 3.05) is 11.0 Å². The van der Waals surface area contributed by atoms with Crippen LogP contribution in [0.1, 0.15) is 66.9 Å². The van der Waals surface area contributed by atoms with E-state index in [9.17, 15) is 27.1 Å². The van der Waals surface area contributed by atoms with Crippen molar-refractivity contribution in [2.45, 2.75) is 63.1 Å². The molecule has 1 saturated carbocycles. The Hall–Kier alpha value is -4.98. The van der Waals surface area contributed by atoms with Crippen molar-refractivity contribution in [1.29, 1.82) is 0 Å². The number of sulfonamides is 1. The summed E-state index contributed by atoms with van der Waals surface area (Å²) in [6.45, 7) is 2.37. The zero-order valence-electron chi connectivity index (χ0n) is 29.4. The van der Waals surface area contributed by atoms with Gasteiger partial charge in [0.15, 0.2) is 5.82 Å². The van der Waals surface area contributed by atoms with Gasteiger partial charge in [0.05, 0.1) is 40.1 Å². The summed E-state index contributed by atoms with van der Waals surface area (Å²) in [6.07, 6.45) is 3.10. The van der Waals surface area contributed by atoms with E-state index in [1.807, 2.05) is 0 Å². The van der Waals surface area contributed by atoms with E-state index < -0.39 is 57.6 Å². The zero-order chi connectivity index (χ0) is 38.9. The Labute approximate surface area is 312 Å². The molecule has 1 amide bonds. The number of rotatable bonds is 9. The first-order chi connectivity index (χ1) is 25.3. The van der Waals surface area contributed by atoms with Crippen molar-refractivity contribution in [1.82, 2.24) is 29.9 Å². The van der Waals surface area contributed by atoms with Crippen LogP contribution in [0.3, 0.4) is 0 Å². The molecule has 0 saturated heterocycles. The number of aryl methyl sites for hydroxylation is 1. The molecule has 0 unspecified atom stereocenters. The van der Waals surface area contributed by atoms with Gasteiger partial charge in [-0.1, -0.05) is 23.6 Å². The van der Waals surface area contributed by atoms with Gasteiger partial charge in [-0.2, -0.15) is 19.0 Å². The molecule has 11 nitrogen and oxygen atoms in total. The number of amides is 1. The van der Waals surface area contributed by atoms with E-state index >= 15 is 8.78 Å². The number of fused-ring (bicyclic) bond motifs is 4. The molecule has 2 aliphatic carbocycles. The van der Waals surface area contributed by atoms with Gasteiger partial charge in [0, 0.05) is 35.7 Å². The lowest BCUT2D eigenvalue weighted by atomic mass is 9.73. The minimum atomic E-state index is -3.78. The Balaban J connectivity index is 1.38. The molecule has 2 aromatic carbocycles. The third kappa shape index (κ3) is 7.15. The smallest absolute Gasteiger partial charge is 0.293 e. The molecule has 3 N–H and O–H groups in total. The van der Waals surface area contributed by atoms with Crippen LogP contribution in [-0.4, -0.2) is 55.8 Å². The molecule has 0 spiro atoms. The second kappa shape index (κ2) is 13.4. The second-order valence-corrected chi connectivity index (χ2v) is 16.4. The monoisotopic (exact) mass is 783 g/mol. The molecule has 0 aliphatic heterocycles. The molecule has 17 heteroatoms. The maximum atomic E-state index is 15.4. The van der Waals surface area contributed by atoms with Crippen molar-refractivity contribution in [2.24, 2.45) is 13.0 Å². The molecule has 282 valence electrons. The molecule has 7 rings (SSSR count). The van der Waals surface area contributed by atoms with Crippen LogP contribution in [0.4, 0.5) is 23.4 Å². The minimum Gasteiger partial charge on any atom is -0.378 e. The van der Waals surface area contributed by atoms with Gasteiger partial charge in [0.2, 0.25) is 15.9 Å². The molecule has 5 aromatic rings. The number of hydrogen-bond donors (Lipinski definition) is 3. The third-order valence-electron chi connectivity index (χ3n) is 9.57. The predicted octanol–water partition coefficient (Wildman–Crippen LogP) is 5.96. The summed E-state index contributed by atoms with van der Waals surface area (Å²) < 4.78 is 89.1. The van der Waals surface area contributed by atoms with Gasteiger partial charge in [-0.3, -0.25) is 18.9 Å². The molecule has 3 heterocycles. The van der Waals surface area contributed by atoms with Crippen molar-refractivity contribution >= 4 is 44.3 Å². The quantitative estimate of drug-likeness (QED) is 0.124. The Morgan fingerprint density at radius 1 is 1.13 bits per heavy atom. The number of aromatic nitrogens is 5. The maximum Gasteiger partial charge on any atom is 0.293 e. The van der Waals surface area contributed by atoms with Gasteiger partial charge in [-0.05, 0) is 80.8 Å². The average molecular weight is 784 g/mol. The average Bonchev–Trinajstić information content (AvgIpc) is 3.62. The van der Waals surface area contributed by atoms with Crippen molar-refractivity contribution < 1.29 is 35.9 Å². The van der Waals surface area contributed by atoms with Gasteiger partial charge in [0.25, 0.3) is 5.92 Å². The zero-order valence-corrected chi connectivity index (χ0v) is 31.0. The van der Waals surface area contributed by atoms with Crippen LogP contribution >= 0.6 is 11.6 Å². The minimum absolute atomic E-state index is 0.0406. The lowest BCUT2D eigenvalue weighted by Gasteiger charge is -2.33. The van der Waals surface area contributed by atoms with E-state index in [-0.39, 0.29) is 51.2 Å². The first kappa shape index (κ1) is 37.3. The summed E-state index contributed by atoms with van der Waals surface area (Å²) in [5.41, 5.74) is 0.340. The third-order valence-corrected chi connectivity index (χ3v) is 10.5. The number of nitrogens with one attached hydrogen (secondary N) is 2. The van der Waals surface area contributed by atoms with Gasteiger partial charge < -0.3 is 10.4 Å². The van der Waals surface area contributed by atoms with E-state index in [4.69, 9.17) is 16.6 Å². The highest BCUT2D eigenvalue weighted by atomic mass is 35.5. The number of anilines is 1. The molecule has 0 radical (unpaired) electrons. The Kier molecular flexibility index (Phi) is 9.26. The van der Waals surface area contributed by atoms with Crippen LogP contribution in [-0.2, 0) is 40.8 Å². The molecule has 3 atom stereocenters. The van der Waals surface area contributed by atoms with Crippen molar-refractivity contribution in [3.63, 3.8) is 0 Å². The van der Waals surface area contributed by atoms with E-state index in [1.54, 1.807) is 25.2 Å². The fourth-order valence-corrected chi connectivity index (χ4v) is 8.03. The maximum absolute atomic E-state index is 15.4. The normalized spacial score (nSPS) is 18.0. The second-order valence-electron chi connectivity index (χ2n) is 14.2. The number of benzene rings is 2. The van der Waals surface area contributed by atoms with Crippen LogP contribution in [0.15, 0.2) is 48.7 Å². The van der Waals surface area contributed by atoms with Gasteiger partial charge in [-0.25, -0.2) is 22.2 Å². The van der Waals surface area contributed by atoms with Crippen LogP contribution < -0.4 is 10.0 Å². The summed E-state index contributed by atoms with van der Waals surface area (Å²) in [4.78, 5) is 18.7. The summed E-state index contributed by atoms with van der Waals surface area (Å²) >= 11 is 6.60. The van der Waals surface area contributed by atoms with Crippen LogP contribution in [0.5, 0.6) is 0 Å². The number of hydrogen-bond acceptors (Lipinski definition) is 7. The van der Waals surface area contributed by atoms with Gasteiger partial charge in [-0.15, -0.1) is 0 Å². The number of nitrogens with zero attached hydrogens (tertiary/aromatic N) is 5. The number of alkyl halides is 2. The van der Waals surface area contributed by atoms with E-state index in [0.717, 1.165) is 23.1 Å². The summed E-state index contributed by atoms with van der Waals surface area (Å²) in [6, 6.07) is 8.11. The summed E-state index contributed by atoms with van der Waals surface area (Å²) in [5, 5.41) is 22.1. The largest absolute Gasteiger partial charge is 0.378 e. The fraction of sp³-hybridized carbons (Fsp3) is 0.351. The highest BCUT2D eigenvalue weighted by Crippen LogP contribution is 2.62. The standard InChI is InChI=1S/C37H34ClF4N7O4S/c1-36(2,51)12-11-22-5-6-24(25-8-10-28(38)31-33(25)48(3)46-35(31)47-54(4,52)53)32(44-22)29(15-19-13-20(39)16-21(40)14-19)45-30(50)18-49-34-26(17-43-49)23-7-9-27(23)37(34,41)42/h5-6,8,10,13-14,16-17,23,27,29,51H,7,9,15,18H2,1-4H3,(H,45,50)(H,46,47)/t23-,27-,29+/m1/s1. The number of aliphatic hydroxyl groups is 1. The lowest BCUT2D eigenvalue weighted by molar-refractivity contribution is -0.123.